The van der Waals surface area contributed by atoms with Crippen LogP contribution in [0.25, 0.3) is 0 Å². The summed E-state index contributed by atoms with van der Waals surface area (Å²) < 4.78 is 38.4. The van der Waals surface area contributed by atoms with E-state index in [1.54, 1.807) is 12.1 Å². The molecule has 1 N–H and O–H groups in total. The molecule has 0 bridgehead atoms. The van der Waals surface area contributed by atoms with E-state index in [0.29, 0.717) is 43.3 Å². The van der Waals surface area contributed by atoms with Gasteiger partial charge in [-0.25, -0.2) is 8.42 Å². The van der Waals surface area contributed by atoms with E-state index in [1.807, 2.05) is 24.3 Å². The lowest BCUT2D eigenvalue weighted by Gasteiger charge is -2.26. The molecule has 0 aliphatic carbocycles. The van der Waals surface area contributed by atoms with Crippen LogP contribution in [0.4, 0.5) is 0 Å². The van der Waals surface area contributed by atoms with Crippen molar-refractivity contribution >= 4 is 15.9 Å². The molecule has 0 saturated carbocycles. The molecule has 2 aliphatic rings. The maximum atomic E-state index is 12.7. The highest BCUT2D eigenvalue weighted by Crippen LogP contribution is 2.30. The van der Waals surface area contributed by atoms with Crippen molar-refractivity contribution < 1.29 is 22.7 Å². The molecule has 29 heavy (non-hydrogen) atoms. The lowest BCUT2D eigenvalue weighted by molar-refractivity contribution is 0.0789. The Labute approximate surface area is 170 Å². The summed E-state index contributed by atoms with van der Waals surface area (Å²) in [5.74, 6) is 1.07. The predicted octanol–water partition coefficient (Wildman–Crippen LogP) is 2.43. The Hall–Kier alpha value is -2.58. The highest BCUT2D eigenvalue weighted by Gasteiger charge is 2.26. The van der Waals surface area contributed by atoms with Crippen molar-refractivity contribution in [3.63, 3.8) is 0 Å². The molecule has 7 nitrogen and oxygen atoms in total. The van der Waals surface area contributed by atoms with Crippen LogP contribution in [0.1, 0.15) is 29.6 Å². The van der Waals surface area contributed by atoms with Gasteiger partial charge in [0.2, 0.25) is 10.0 Å². The van der Waals surface area contributed by atoms with E-state index in [9.17, 15) is 13.2 Å². The topological polar surface area (TPSA) is 84.9 Å². The Balaban J connectivity index is 1.35. The summed E-state index contributed by atoms with van der Waals surface area (Å²) >= 11 is 0. The summed E-state index contributed by atoms with van der Waals surface area (Å²) in [6.45, 7) is 1.75. The minimum absolute atomic E-state index is 0.219. The molecular weight excluding hydrogens is 392 g/mol. The fourth-order valence-corrected chi connectivity index (χ4v) is 5.02. The van der Waals surface area contributed by atoms with Crippen molar-refractivity contribution in [3.05, 3.63) is 54.1 Å². The molecule has 2 aliphatic heterocycles. The van der Waals surface area contributed by atoms with Crippen molar-refractivity contribution in [2.45, 2.75) is 30.3 Å². The van der Waals surface area contributed by atoms with Gasteiger partial charge in [-0.1, -0.05) is 18.6 Å². The molecule has 0 radical (unpaired) electrons. The summed E-state index contributed by atoms with van der Waals surface area (Å²) in [7, 11) is -3.50. The van der Waals surface area contributed by atoms with Crippen LogP contribution in [-0.4, -0.2) is 51.0 Å². The van der Waals surface area contributed by atoms with Crippen molar-refractivity contribution in [2.24, 2.45) is 0 Å². The highest BCUT2D eigenvalue weighted by atomic mass is 32.2. The molecular formula is C21H24N2O5S. The van der Waals surface area contributed by atoms with Gasteiger partial charge in [0.1, 0.15) is 12.7 Å². The third kappa shape index (κ3) is 4.38. The first-order valence-electron chi connectivity index (χ1n) is 9.81. The molecule has 1 unspecified atom stereocenters. The third-order valence-corrected chi connectivity index (χ3v) is 7.04. The average molecular weight is 416 g/mol. The number of rotatable bonds is 5. The Morgan fingerprint density at radius 1 is 1.00 bits per heavy atom. The van der Waals surface area contributed by atoms with Crippen LogP contribution in [0.2, 0.25) is 0 Å². The molecule has 1 saturated heterocycles. The second-order valence-electron chi connectivity index (χ2n) is 7.20. The number of hydrogen-bond donors (Lipinski definition) is 1. The third-order valence-electron chi connectivity index (χ3n) is 5.13. The van der Waals surface area contributed by atoms with Crippen molar-refractivity contribution in [2.75, 3.05) is 26.2 Å². The molecule has 1 fully saturated rings. The van der Waals surface area contributed by atoms with Crippen molar-refractivity contribution in [1.29, 1.82) is 0 Å². The van der Waals surface area contributed by atoms with E-state index >= 15 is 0 Å². The number of amides is 1. The van der Waals surface area contributed by atoms with Gasteiger partial charge < -0.3 is 14.8 Å². The van der Waals surface area contributed by atoms with Crippen LogP contribution in [0, 0.1) is 0 Å². The number of para-hydroxylation sites is 2. The molecule has 2 heterocycles. The normalized spacial score (nSPS) is 19.5. The Kier molecular flexibility index (Phi) is 5.73. The lowest BCUT2D eigenvalue weighted by Crippen LogP contribution is -2.40. The van der Waals surface area contributed by atoms with E-state index in [-0.39, 0.29) is 16.9 Å². The van der Waals surface area contributed by atoms with Gasteiger partial charge in [0, 0.05) is 18.7 Å². The quantitative estimate of drug-likeness (QED) is 0.809. The van der Waals surface area contributed by atoms with Gasteiger partial charge in [-0.2, -0.15) is 4.31 Å². The largest absolute Gasteiger partial charge is 0.486 e. The fourth-order valence-electron chi connectivity index (χ4n) is 3.50. The molecule has 154 valence electrons. The Morgan fingerprint density at radius 2 is 1.69 bits per heavy atom. The second kappa shape index (κ2) is 8.42. The summed E-state index contributed by atoms with van der Waals surface area (Å²) in [6.07, 6.45) is 2.55. The fraction of sp³-hybridized carbons (Fsp3) is 0.381. The molecule has 2 aromatic rings. The molecule has 1 atom stereocenters. The average Bonchev–Trinajstić information content (AvgIpc) is 2.78. The SMILES string of the molecule is O=C(NCC1COc2ccccc2O1)c1ccc(S(=O)(=O)N2CCCCC2)cc1. The number of nitrogens with one attached hydrogen (secondary N) is 1. The zero-order chi connectivity index (χ0) is 20.3. The monoisotopic (exact) mass is 416 g/mol. The standard InChI is InChI=1S/C21H24N2O5S/c24-21(22-14-17-15-27-19-6-2-3-7-20(19)28-17)16-8-10-18(11-9-16)29(25,26)23-12-4-1-5-13-23/h2-3,6-11,17H,1,4-5,12-15H2,(H,22,24). The smallest absolute Gasteiger partial charge is 0.251 e. The number of carbonyl (C=O) groups is 1. The minimum Gasteiger partial charge on any atom is -0.486 e. The van der Waals surface area contributed by atoms with Crippen LogP contribution in [-0.2, 0) is 10.0 Å². The van der Waals surface area contributed by atoms with Gasteiger partial charge in [-0.3, -0.25) is 4.79 Å². The van der Waals surface area contributed by atoms with Crippen LogP contribution in [0.5, 0.6) is 11.5 Å². The molecule has 0 spiro atoms. The van der Waals surface area contributed by atoms with Crippen molar-refractivity contribution in [3.8, 4) is 11.5 Å². The van der Waals surface area contributed by atoms with Gasteiger partial charge in [-0.15, -0.1) is 0 Å². The maximum absolute atomic E-state index is 12.7. The maximum Gasteiger partial charge on any atom is 0.251 e. The van der Waals surface area contributed by atoms with Gasteiger partial charge >= 0.3 is 0 Å². The molecule has 4 rings (SSSR count). The van der Waals surface area contributed by atoms with Gasteiger partial charge in [0.15, 0.2) is 11.5 Å². The number of hydrogen-bond acceptors (Lipinski definition) is 5. The van der Waals surface area contributed by atoms with Crippen molar-refractivity contribution in [1.82, 2.24) is 9.62 Å². The van der Waals surface area contributed by atoms with Gasteiger partial charge in [-0.05, 0) is 49.2 Å². The van der Waals surface area contributed by atoms with E-state index in [2.05, 4.69) is 5.32 Å². The molecule has 1 amide bonds. The summed E-state index contributed by atoms with van der Waals surface area (Å²) in [4.78, 5) is 12.6. The first-order valence-corrected chi connectivity index (χ1v) is 11.2. The number of nitrogens with zero attached hydrogens (tertiary/aromatic N) is 1. The molecule has 2 aromatic carbocycles. The number of ether oxygens (including phenoxy) is 2. The summed E-state index contributed by atoms with van der Waals surface area (Å²) in [5.41, 5.74) is 0.403. The van der Waals surface area contributed by atoms with Gasteiger partial charge in [0.25, 0.3) is 5.91 Å². The zero-order valence-corrected chi connectivity index (χ0v) is 16.9. The van der Waals surface area contributed by atoms with E-state index in [1.165, 1.54) is 16.4 Å². The second-order valence-corrected chi connectivity index (χ2v) is 9.13. The highest BCUT2D eigenvalue weighted by molar-refractivity contribution is 7.89. The number of sulfonamides is 1. The summed E-state index contributed by atoms with van der Waals surface area (Å²) in [5, 5.41) is 2.82. The van der Waals surface area contributed by atoms with Crippen LogP contribution in [0.3, 0.4) is 0 Å². The lowest BCUT2D eigenvalue weighted by atomic mass is 10.2. The number of piperidine rings is 1. The first-order chi connectivity index (χ1) is 14.0. The number of carbonyl (C=O) groups excluding carboxylic acids is 1. The Morgan fingerprint density at radius 3 is 2.41 bits per heavy atom. The predicted molar refractivity (Wildman–Crippen MR) is 108 cm³/mol. The Bertz CT molecular complexity index is 969. The molecule has 8 heteroatoms. The minimum atomic E-state index is -3.50. The molecule has 0 aromatic heterocycles. The van der Waals surface area contributed by atoms with E-state index < -0.39 is 10.0 Å². The van der Waals surface area contributed by atoms with Crippen LogP contribution >= 0.6 is 0 Å². The van der Waals surface area contributed by atoms with Crippen LogP contribution in [0.15, 0.2) is 53.4 Å². The summed E-state index contributed by atoms with van der Waals surface area (Å²) in [6, 6.07) is 13.5. The number of benzene rings is 2. The number of fused-ring (bicyclic) bond motifs is 1. The van der Waals surface area contributed by atoms with E-state index in [4.69, 9.17) is 9.47 Å². The van der Waals surface area contributed by atoms with Crippen LogP contribution < -0.4 is 14.8 Å². The zero-order valence-electron chi connectivity index (χ0n) is 16.0. The first kappa shape index (κ1) is 19.7. The van der Waals surface area contributed by atoms with E-state index in [0.717, 1.165) is 19.3 Å². The van der Waals surface area contributed by atoms with Gasteiger partial charge in [0.05, 0.1) is 11.4 Å².